The number of carbonyl (C=O) groups is 1. The molecule has 0 saturated heterocycles. The number of rotatable bonds is 4. The number of carboxylic acid groups (broad SMARTS) is 1. The second kappa shape index (κ2) is 4.06. The standard InChI is InChI=1S/C7H13NO2/c1-4-5-8(3)6(2)7(9)10/h4,6H,1,5H2,2-3H3,(H,9,10). The maximum absolute atomic E-state index is 10.3. The van der Waals surface area contributed by atoms with Crippen molar-refractivity contribution >= 4 is 5.97 Å². The Morgan fingerprint density at radius 2 is 2.40 bits per heavy atom. The Morgan fingerprint density at radius 3 is 2.70 bits per heavy atom. The van der Waals surface area contributed by atoms with Gasteiger partial charge in [-0.3, -0.25) is 9.69 Å². The van der Waals surface area contributed by atoms with E-state index >= 15 is 0 Å². The zero-order chi connectivity index (χ0) is 8.15. The van der Waals surface area contributed by atoms with Gasteiger partial charge >= 0.3 is 5.97 Å². The van der Waals surface area contributed by atoms with Gasteiger partial charge in [0, 0.05) is 6.54 Å². The van der Waals surface area contributed by atoms with E-state index in [4.69, 9.17) is 5.11 Å². The van der Waals surface area contributed by atoms with Crippen molar-refractivity contribution in [1.29, 1.82) is 0 Å². The summed E-state index contributed by atoms with van der Waals surface area (Å²) in [5.41, 5.74) is 0. The smallest absolute Gasteiger partial charge is 0.320 e. The molecule has 58 valence electrons. The lowest BCUT2D eigenvalue weighted by Gasteiger charge is -2.18. The molecule has 0 radical (unpaired) electrons. The van der Waals surface area contributed by atoms with Crippen LogP contribution in [0.4, 0.5) is 0 Å². The lowest BCUT2D eigenvalue weighted by Crippen LogP contribution is -2.35. The van der Waals surface area contributed by atoms with Crippen LogP contribution in [0.25, 0.3) is 0 Å². The van der Waals surface area contributed by atoms with Crippen LogP contribution in [0.1, 0.15) is 6.92 Å². The number of hydrogen-bond acceptors (Lipinski definition) is 2. The zero-order valence-corrected chi connectivity index (χ0v) is 6.37. The fraction of sp³-hybridized carbons (Fsp3) is 0.571. The summed E-state index contributed by atoms with van der Waals surface area (Å²) in [5.74, 6) is -0.802. The third kappa shape index (κ3) is 2.64. The Bertz CT molecular complexity index is 134. The first kappa shape index (κ1) is 9.17. The summed E-state index contributed by atoms with van der Waals surface area (Å²) in [6.45, 7) is 5.76. The van der Waals surface area contributed by atoms with Crippen LogP contribution in [0.5, 0.6) is 0 Å². The van der Waals surface area contributed by atoms with Crippen LogP contribution in [0.2, 0.25) is 0 Å². The van der Waals surface area contributed by atoms with Crippen molar-refractivity contribution in [3.63, 3.8) is 0 Å². The highest BCUT2D eigenvalue weighted by molar-refractivity contribution is 5.72. The molecule has 3 heteroatoms. The number of hydrogen-bond donors (Lipinski definition) is 1. The molecule has 0 aromatic heterocycles. The molecule has 0 saturated carbocycles. The van der Waals surface area contributed by atoms with Gasteiger partial charge in [-0.2, -0.15) is 0 Å². The quantitative estimate of drug-likeness (QED) is 0.585. The SMILES string of the molecule is C=CCN(C)C(C)C(=O)O. The van der Waals surface area contributed by atoms with Crippen molar-refractivity contribution in [3.05, 3.63) is 12.7 Å². The van der Waals surface area contributed by atoms with Crippen LogP contribution in [-0.2, 0) is 4.79 Å². The molecule has 1 N–H and O–H groups in total. The summed E-state index contributed by atoms with van der Waals surface area (Å²) < 4.78 is 0. The van der Waals surface area contributed by atoms with E-state index in [0.29, 0.717) is 6.54 Å². The van der Waals surface area contributed by atoms with Gasteiger partial charge in [0.05, 0.1) is 0 Å². The predicted molar refractivity (Wildman–Crippen MR) is 39.9 cm³/mol. The Labute approximate surface area is 61.0 Å². The molecule has 0 spiro atoms. The highest BCUT2D eigenvalue weighted by Gasteiger charge is 2.14. The molecular formula is C7H13NO2. The van der Waals surface area contributed by atoms with Crippen molar-refractivity contribution < 1.29 is 9.90 Å². The number of aliphatic carboxylic acids is 1. The van der Waals surface area contributed by atoms with Crippen LogP contribution in [0.15, 0.2) is 12.7 Å². The summed E-state index contributed by atoms with van der Waals surface area (Å²) >= 11 is 0. The Morgan fingerprint density at radius 1 is 1.90 bits per heavy atom. The zero-order valence-electron chi connectivity index (χ0n) is 6.37. The summed E-state index contributed by atoms with van der Waals surface area (Å²) in [6.07, 6.45) is 1.68. The van der Waals surface area contributed by atoms with E-state index in [2.05, 4.69) is 6.58 Å². The molecule has 0 fully saturated rings. The van der Waals surface area contributed by atoms with Crippen LogP contribution >= 0.6 is 0 Å². The Kier molecular flexibility index (Phi) is 3.72. The van der Waals surface area contributed by atoms with Gasteiger partial charge in [0.2, 0.25) is 0 Å². The van der Waals surface area contributed by atoms with E-state index in [1.807, 2.05) is 0 Å². The molecule has 0 heterocycles. The van der Waals surface area contributed by atoms with Crippen molar-refractivity contribution in [2.75, 3.05) is 13.6 Å². The summed E-state index contributed by atoms with van der Waals surface area (Å²) in [7, 11) is 1.75. The van der Waals surface area contributed by atoms with E-state index in [0.717, 1.165) is 0 Å². The van der Waals surface area contributed by atoms with Gasteiger partial charge in [-0.15, -0.1) is 6.58 Å². The molecule has 0 aliphatic carbocycles. The molecule has 0 bridgehead atoms. The number of carboxylic acids is 1. The fourth-order valence-corrected chi connectivity index (χ4v) is 0.550. The molecule has 1 unspecified atom stereocenters. The maximum atomic E-state index is 10.3. The van der Waals surface area contributed by atoms with E-state index in [1.54, 1.807) is 24.9 Å². The minimum Gasteiger partial charge on any atom is -0.480 e. The molecule has 0 aromatic carbocycles. The van der Waals surface area contributed by atoms with Crippen LogP contribution < -0.4 is 0 Å². The summed E-state index contributed by atoms with van der Waals surface area (Å²) in [5, 5.41) is 8.50. The van der Waals surface area contributed by atoms with E-state index in [1.165, 1.54) is 0 Å². The van der Waals surface area contributed by atoms with E-state index in [9.17, 15) is 4.79 Å². The molecule has 0 rings (SSSR count). The molecule has 3 nitrogen and oxygen atoms in total. The molecule has 1 atom stereocenters. The number of likely N-dealkylation sites (N-methyl/N-ethyl adjacent to an activating group) is 1. The molecule has 0 amide bonds. The van der Waals surface area contributed by atoms with Gasteiger partial charge < -0.3 is 5.11 Å². The van der Waals surface area contributed by atoms with Crippen molar-refractivity contribution in [2.45, 2.75) is 13.0 Å². The lowest BCUT2D eigenvalue weighted by molar-refractivity contribution is -0.141. The van der Waals surface area contributed by atoms with Gasteiger partial charge in [-0.25, -0.2) is 0 Å². The van der Waals surface area contributed by atoms with Gasteiger partial charge in [0.25, 0.3) is 0 Å². The summed E-state index contributed by atoms with van der Waals surface area (Å²) in [4.78, 5) is 12.0. The third-order valence-electron chi connectivity index (χ3n) is 1.44. The predicted octanol–water partition coefficient (Wildman–Crippen LogP) is 0.577. The summed E-state index contributed by atoms with van der Waals surface area (Å²) in [6, 6.07) is -0.432. The molecular weight excluding hydrogens is 130 g/mol. The van der Waals surface area contributed by atoms with Crippen LogP contribution in [0.3, 0.4) is 0 Å². The van der Waals surface area contributed by atoms with Crippen LogP contribution in [-0.4, -0.2) is 35.6 Å². The van der Waals surface area contributed by atoms with Crippen LogP contribution in [0, 0.1) is 0 Å². The first-order valence-electron chi connectivity index (χ1n) is 3.13. The molecule has 0 aromatic rings. The second-order valence-electron chi connectivity index (χ2n) is 2.24. The normalized spacial score (nSPS) is 13.1. The topological polar surface area (TPSA) is 40.5 Å². The second-order valence-corrected chi connectivity index (χ2v) is 2.24. The van der Waals surface area contributed by atoms with E-state index in [-0.39, 0.29) is 0 Å². The maximum Gasteiger partial charge on any atom is 0.320 e. The first-order valence-corrected chi connectivity index (χ1v) is 3.13. The van der Waals surface area contributed by atoms with Gasteiger partial charge in [-0.05, 0) is 14.0 Å². The largest absolute Gasteiger partial charge is 0.480 e. The van der Waals surface area contributed by atoms with Gasteiger partial charge in [0.15, 0.2) is 0 Å². The first-order chi connectivity index (χ1) is 4.59. The minimum atomic E-state index is -0.802. The lowest BCUT2D eigenvalue weighted by atomic mass is 10.3. The van der Waals surface area contributed by atoms with Crippen molar-refractivity contribution in [2.24, 2.45) is 0 Å². The average molecular weight is 143 g/mol. The molecule has 10 heavy (non-hydrogen) atoms. The minimum absolute atomic E-state index is 0.432. The fourth-order valence-electron chi connectivity index (χ4n) is 0.550. The van der Waals surface area contributed by atoms with E-state index < -0.39 is 12.0 Å². The van der Waals surface area contributed by atoms with Gasteiger partial charge in [-0.1, -0.05) is 6.08 Å². The highest BCUT2D eigenvalue weighted by atomic mass is 16.4. The third-order valence-corrected chi connectivity index (χ3v) is 1.44. The van der Waals surface area contributed by atoms with Crippen molar-refractivity contribution in [3.8, 4) is 0 Å². The average Bonchev–Trinajstić information content (AvgIpc) is 1.87. The van der Waals surface area contributed by atoms with Gasteiger partial charge in [0.1, 0.15) is 6.04 Å². The van der Waals surface area contributed by atoms with Crippen molar-refractivity contribution in [1.82, 2.24) is 4.90 Å². The molecule has 0 aliphatic rings. The Balaban J connectivity index is 3.80. The highest BCUT2D eigenvalue weighted by Crippen LogP contribution is 1.93. The molecule has 0 aliphatic heterocycles. The monoisotopic (exact) mass is 143 g/mol. The number of nitrogens with zero attached hydrogens (tertiary/aromatic N) is 1. The Hall–Kier alpha value is -0.830.